The van der Waals surface area contributed by atoms with Crippen LogP contribution in [0.4, 0.5) is 5.95 Å². The lowest BCUT2D eigenvalue weighted by Crippen LogP contribution is -2.45. The first-order chi connectivity index (χ1) is 13.7. The Morgan fingerprint density at radius 3 is 2.82 bits per heavy atom. The van der Waals surface area contributed by atoms with E-state index in [2.05, 4.69) is 37.7 Å². The van der Waals surface area contributed by atoms with E-state index in [0.717, 1.165) is 19.3 Å². The van der Waals surface area contributed by atoms with E-state index in [1.165, 1.54) is 0 Å². The molecule has 1 aliphatic carbocycles. The molecule has 2 aromatic heterocycles. The Bertz CT molecular complexity index is 738. The monoisotopic (exact) mass is 388 g/mol. The van der Waals surface area contributed by atoms with Crippen LogP contribution < -0.4 is 10.6 Å². The predicted molar refractivity (Wildman–Crippen MR) is 102 cm³/mol. The van der Waals surface area contributed by atoms with E-state index < -0.39 is 0 Å². The van der Waals surface area contributed by atoms with Crippen molar-refractivity contribution in [3.63, 3.8) is 0 Å². The van der Waals surface area contributed by atoms with Gasteiger partial charge in [-0.1, -0.05) is 19.0 Å². The molecule has 9 heteroatoms. The number of anilines is 1. The third-order valence-electron chi connectivity index (χ3n) is 4.82. The Morgan fingerprint density at radius 2 is 2.11 bits per heavy atom. The summed E-state index contributed by atoms with van der Waals surface area (Å²) in [7, 11) is 0. The summed E-state index contributed by atoms with van der Waals surface area (Å²) in [5.41, 5.74) is 0. The lowest BCUT2D eigenvalue weighted by Gasteiger charge is -2.35. The molecule has 0 aliphatic heterocycles. The smallest absolute Gasteiger partial charge is 0.246 e. The van der Waals surface area contributed by atoms with Gasteiger partial charge in [-0.2, -0.15) is 4.98 Å². The maximum atomic E-state index is 12.6. The van der Waals surface area contributed by atoms with Crippen LogP contribution in [-0.2, 0) is 22.5 Å². The number of hydrogen-bond donors (Lipinski definition) is 2. The van der Waals surface area contributed by atoms with E-state index in [-0.39, 0.29) is 30.5 Å². The first-order valence-corrected chi connectivity index (χ1v) is 9.93. The van der Waals surface area contributed by atoms with E-state index in [1.807, 2.05) is 6.92 Å². The number of carbonyl (C=O) groups excluding carboxylic acids is 1. The molecule has 2 heterocycles. The Hall–Kier alpha value is -2.55. The van der Waals surface area contributed by atoms with Crippen LogP contribution in [-0.4, -0.2) is 44.8 Å². The fraction of sp³-hybridized carbons (Fsp3) is 0.632. The third-order valence-corrected chi connectivity index (χ3v) is 4.82. The van der Waals surface area contributed by atoms with Crippen molar-refractivity contribution in [2.24, 2.45) is 5.92 Å². The van der Waals surface area contributed by atoms with Gasteiger partial charge in [0.2, 0.25) is 17.7 Å². The van der Waals surface area contributed by atoms with Crippen LogP contribution >= 0.6 is 0 Å². The number of ether oxygens (including phenoxy) is 1. The van der Waals surface area contributed by atoms with Crippen molar-refractivity contribution in [3.8, 4) is 0 Å². The van der Waals surface area contributed by atoms with Crippen molar-refractivity contribution in [2.45, 2.75) is 64.6 Å². The Labute approximate surface area is 164 Å². The van der Waals surface area contributed by atoms with Crippen LogP contribution in [0.2, 0.25) is 0 Å². The lowest BCUT2D eigenvalue weighted by atomic mass is 9.83. The van der Waals surface area contributed by atoms with Crippen molar-refractivity contribution in [1.29, 1.82) is 0 Å². The largest absolute Gasteiger partial charge is 0.376 e. The summed E-state index contributed by atoms with van der Waals surface area (Å²) in [5.74, 6) is 1.55. The average Bonchev–Trinajstić information content (AvgIpc) is 3.20. The minimum Gasteiger partial charge on any atom is -0.376 e. The predicted octanol–water partition coefficient (Wildman–Crippen LogP) is 2.11. The zero-order chi connectivity index (χ0) is 19.8. The molecule has 152 valence electrons. The van der Waals surface area contributed by atoms with Gasteiger partial charge in [0, 0.05) is 31.3 Å². The van der Waals surface area contributed by atoms with Crippen molar-refractivity contribution in [3.05, 3.63) is 30.2 Å². The molecule has 28 heavy (non-hydrogen) atoms. The van der Waals surface area contributed by atoms with Crippen molar-refractivity contribution >= 4 is 11.9 Å². The molecule has 3 atom stereocenters. The van der Waals surface area contributed by atoms with E-state index in [1.54, 1.807) is 18.5 Å². The summed E-state index contributed by atoms with van der Waals surface area (Å²) >= 11 is 0. The van der Waals surface area contributed by atoms with Gasteiger partial charge in [0.05, 0.1) is 18.7 Å². The maximum absolute atomic E-state index is 12.6. The number of aryl methyl sites for hydroxylation is 1. The minimum absolute atomic E-state index is 0.00393. The second kappa shape index (κ2) is 10.1. The number of hydrogen-bond acceptors (Lipinski definition) is 8. The van der Waals surface area contributed by atoms with Gasteiger partial charge in [-0.05, 0) is 31.7 Å². The fourth-order valence-corrected chi connectivity index (χ4v) is 3.34. The highest BCUT2D eigenvalue weighted by molar-refractivity contribution is 5.78. The first kappa shape index (κ1) is 20.2. The molecule has 1 aliphatic rings. The molecule has 1 fully saturated rings. The van der Waals surface area contributed by atoms with Gasteiger partial charge >= 0.3 is 0 Å². The molecule has 0 saturated heterocycles. The molecule has 2 aromatic rings. The van der Waals surface area contributed by atoms with Crippen molar-refractivity contribution in [1.82, 2.24) is 25.4 Å². The SMILES string of the molecule is CCCO[C@@H]1C[C@@H](C(=O)NCc2nc(CC)no2)CC[C@H]1Nc1ncccn1. The number of nitrogens with zero attached hydrogens (tertiary/aromatic N) is 4. The van der Waals surface area contributed by atoms with Crippen LogP contribution in [0.1, 0.15) is 51.2 Å². The minimum atomic E-state index is -0.106. The summed E-state index contributed by atoms with van der Waals surface area (Å²) in [6.45, 7) is 4.94. The molecule has 2 N–H and O–H groups in total. The lowest BCUT2D eigenvalue weighted by molar-refractivity contribution is -0.128. The van der Waals surface area contributed by atoms with Gasteiger partial charge in [0.1, 0.15) is 0 Å². The normalized spacial score (nSPS) is 22.0. The van der Waals surface area contributed by atoms with Gasteiger partial charge in [-0.3, -0.25) is 4.79 Å². The van der Waals surface area contributed by atoms with E-state index in [9.17, 15) is 4.79 Å². The van der Waals surface area contributed by atoms with Crippen LogP contribution in [0.15, 0.2) is 23.0 Å². The summed E-state index contributed by atoms with van der Waals surface area (Å²) < 4.78 is 11.2. The quantitative estimate of drug-likeness (QED) is 0.671. The standard InChI is InChI=1S/C19H28N6O3/c1-3-10-27-15-11-13(6-7-14(15)23-19-20-8-5-9-21-19)18(26)22-12-17-24-16(4-2)25-28-17/h5,8-9,13-15H,3-4,6-7,10-12H2,1-2H3,(H,22,26)(H,20,21,23)/t13-,14+,15+/m0/s1. The highest BCUT2D eigenvalue weighted by Crippen LogP contribution is 2.29. The van der Waals surface area contributed by atoms with E-state index >= 15 is 0 Å². The van der Waals surface area contributed by atoms with Gasteiger partial charge in [0.15, 0.2) is 5.82 Å². The summed E-state index contributed by atoms with van der Waals surface area (Å²) in [6.07, 6.45) is 7.21. The Balaban J connectivity index is 1.55. The molecule has 0 unspecified atom stereocenters. The number of carbonyl (C=O) groups is 1. The fourth-order valence-electron chi connectivity index (χ4n) is 3.34. The number of amides is 1. The van der Waals surface area contributed by atoms with Gasteiger partial charge in [0.25, 0.3) is 0 Å². The maximum Gasteiger partial charge on any atom is 0.246 e. The van der Waals surface area contributed by atoms with Crippen molar-refractivity contribution < 1.29 is 14.1 Å². The van der Waals surface area contributed by atoms with Gasteiger partial charge in [-0.15, -0.1) is 0 Å². The molecule has 1 saturated carbocycles. The zero-order valence-corrected chi connectivity index (χ0v) is 16.4. The highest BCUT2D eigenvalue weighted by atomic mass is 16.5. The molecule has 0 radical (unpaired) electrons. The van der Waals surface area contributed by atoms with Crippen molar-refractivity contribution in [2.75, 3.05) is 11.9 Å². The molecular formula is C19H28N6O3. The van der Waals surface area contributed by atoms with Crippen LogP contribution in [0.3, 0.4) is 0 Å². The highest BCUT2D eigenvalue weighted by Gasteiger charge is 2.35. The van der Waals surface area contributed by atoms with Crippen LogP contribution in [0.5, 0.6) is 0 Å². The second-order valence-corrected chi connectivity index (χ2v) is 6.92. The van der Waals surface area contributed by atoms with E-state index in [0.29, 0.717) is 37.1 Å². The molecule has 3 rings (SSSR count). The Kier molecular flexibility index (Phi) is 7.30. The van der Waals surface area contributed by atoms with Crippen LogP contribution in [0, 0.1) is 5.92 Å². The number of rotatable bonds is 9. The first-order valence-electron chi connectivity index (χ1n) is 9.93. The second-order valence-electron chi connectivity index (χ2n) is 6.92. The van der Waals surface area contributed by atoms with E-state index in [4.69, 9.17) is 9.26 Å². The van der Waals surface area contributed by atoms with Crippen LogP contribution in [0.25, 0.3) is 0 Å². The topological polar surface area (TPSA) is 115 Å². The molecule has 9 nitrogen and oxygen atoms in total. The molecular weight excluding hydrogens is 360 g/mol. The molecule has 0 spiro atoms. The van der Waals surface area contributed by atoms with Gasteiger partial charge < -0.3 is 19.9 Å². The summed E-state index contributed by atoms with van der Waals surface area (Å²) in [4.78, 5) is 25.3. The number of nitrogens with one attached hydrogen (secondary N) is 2. The Morgan fingerprint density at radius 1 is 1.29 bits per heavy atom. The molecule has 0 aromatic carbocycles. The third kappa shape index (κ3) is 5.48. The average molecular weight is 388 g/mol. The molecule has 1 amide bonds. The summed E-state index contributed by atoms with van der Waals surface area (Å²) in [6, 6.07) is 1.87. The summed E-state index contributed by atoms with van der Waals surface area (Å²) in [5, 5.41) is 10.1. The number of aromatic nitrogens is 4. The van der Waals surface area contributed by atoms with Gasteiger partial charge in [-0.25, -0.2) is 9.97 Å². The zero-order valence-electron chi connectivity index (χ0n) is 16.4. The molecule has 0 bridgehead atoms.